The van der Waals surface area contributed by atoms with Gasteiger partial charge in [-0.25, -0.2) is 9.97 Å². The van der Waals surface area contributed by atoms with Crippen molar-refractivity contribution in [3.63, 3.8) is 0 Å². The Morgan fingerprint density at radius 2 is 2.00 bits per heavy atom. The molecule has 1 N–H and O–H groups in total. The molecule has 0 saturated carbocycles. The van der Waals surface area contributed by atoms with E-state index in [-0.39, 0.29) is 0 Å². The molecule has 5 heteroatoms. The van der Waals surface area contributed by atoms with E-state index in [4.69, 9.17) is 4.74 Å². The van der Waals surface area contributed by atoms with Gasteiger partial charge in [0.05, 0.1) is 7.11 Å². The fourth-order valence-electron chi connectivity index (χ4n) is 2.38. The van der Waals surface area contributed by atoms with Gasteiger partial charge in [0.1, 0.15) is 23.7 Å². The van der Waals surface area contributed by atoms with Gasteiger partial charge in [0.25, 0.3) is 0 Å². The van der Waals surface area contributed by atoms with Crippen LogP contribution in [0.25, 0.3) is 0 Å². The first-order chi connectivity index (χ1) is 9.85. The monoisotopic (exact) mass is 270 g/mol. The van der Waals surface area contributed by atoms with Crippen LogP contribution in [0.1, 0.15) is 12.8 Å². The van der Waals surface area contributed by atoms with Crippen LogP contribution in [0.5, 0.6) is 5.75 Å². The highest BCUT2D eigenvalue weighted by atomic mass is 16.5. The molecule has 3 rings (SSSR count). The molecule has 1 aromatic carbocycles. The number of anilines is 3. The van der Waals surface area contributed by atoms with Crippen molar-refractivity contribution < 1.29 is 4.74 Å². The summed E-state index contributed by atoms with van der Waals surface area (Å²) in [4.78, 5) is 10.9. The van der Waals surface area contributed by atoms with Crippen molar-refractivity contribution in [1.82, 2.24) is 9.97 Å². The van der Waals surface area contributed by atoms with E-state index in [1.807, 2.05) is 30.3 Å². The van der Waals surface area contributed by atoms with Gasteiger partial charge < -0.3 is 15.0 Å². The molecule has 5 nitrogen and oxygen atoms in total. The van der Waals surface area contributed by atoms with Crippen LogP contribution in [0.15, 0.2) is 36.7 Å². The Hall–Kier alpha value is -2.30. The highest BCUT2D eigenvalue weighted by Gasteiger charge is 2.13. The molecule has 0 amide bonds. The lowest BCUT2D eigenvalue weighted by Crippen LogP contribution is -2.19. The molecule has 1 aliphatic heterocycles. The molecule has 0 atom stereocenters. The fourth-order valence-corrected chi connectivity index (χ4v) is 2.38. The quantitative estimate of drug-likeness (QED) is 0.925. The Labute approximate surface area is 118 Å². The van der Waals surface area contributed by atoms with Crippen LogP contribution in [0.3, 0.4) is 0 Å². The van der Waals surface area contributed by atoms with Crippen molar-refractivity contribution in [2.45, 2.75) is 12.8 Å². The van der Waals surface area contributed by atoms with E-state index in [0.717, 1.165) is 36.2 Å². The summed E-state index contributed by atoms with van der Waals surface area (Å²) in [5.74, 6) is 2.61. The molecule has 1 aliphatic rings. The Morgan fingerprint density at radius 1 is 1.15 bits per heavy atom. The molecule has 0 aliphatic carbocycles. The Kier molecular flexibility index (Phi) is 3.67. The van der Waals surface area contributed by atoms with Gasteiger partial charge >= 0.3 is 0 Å². The van der Waals surface area contributed by atoms with Gasteiger partial charge in [-0.2, -0.15) is 0 Å². The number of ether oxygens (including phenoxy) is 1. The van der Waals surface area contributed by atoms with E-state index in [1.165, 1.54) is 12.8 Å². The molecule has 0 radical (unpaired) electrons. The minimum Gasteiger partial charge on any atom is -0.497 e. The fraction of sp³-hybridized carbons (Fsp3) is 0.333. The van der Waals surface area contributed by atoms with E-state index >= 15 is 0 Å². The predicted octanol–water partition coefficient (Wildman–Crippen LogP) is 2.83. The zero-order chi connectivity index (χ0) is 13.8. The molecule has 2 aromatic rings. The summed E-state index contributed by atoms with van der Waals surface area (Å²) in [5.41, 5.74) is 0.954. The third-order valence-corrected chi connectivity index (χ3v) is 3.42. The molecule has 0 bridgehead atoms. The van der Waals surface area contributed by atoms with E-state index in [0.29, 0.717) is 0 Å². The number of aromatic nitrogens is 2. The Morgan fingerprint density at radius 3 is 2.80 bits per heavy atom. The van der Waals surface area contributed by atoms with Gasteiger partial charge in [-0.05, 0) is 25.0 Å². The molecule has 20 heavy (non-hydrogen) atoms. The second-order valence-corrected chi connectivity index (χ2v) is 4.81. The van der Waals surface area contributed by atoms with E-state index < -0.39 is 0 Å². The van der Waals surface area contributed by atoms with Crippen LogP contribution in [-0.4, -0.2) is 30.2 Å². The summed E-state index contributed by atoms with van der Waals surface area (Å²) in [6.45, 7) is 2.16. The van der Waals surface area contributed by atoms with Gasteiger partial charge in [0.15, 0.2) is 0 Å². The van der Waals surface area contributed by atoms with Crippen molar-refractivity contribution in [1.29, 1.82) is 0 Å². The molecule has 0 unspecified atom stereocenters. The summed E-state index contributed by atoms with van der Waals surface area (Å²) in [7, 11) is 1.66. The molecule has 104 valence electrons. The number of nitrogens with one attached hydrogen (secondary N) is 1. The van der Waals surface area contributed by atoms with Crippen LogP contribution in [0, 0.1) is 0 Å². The van der Waals surface area contributed by atoms with Gasteiger partial charge in [-0.3, -0.25) is 0 Å². The molecule has 0 spiro atoms. The highest BCUT2D eigenvalue weighted by molar-refractivity contribution is 5.60. The smallest absolute Gasteiger partial charge is 0.135 e. The van der Waals surface area contributed by atoms with Crippen molar-refractivity contribution in [2.24, 2.45) is 0 Å². The number of benzene rings is 1. The van der Waals surface area contributed by atoms with E-state index in [9.17, 15) is 0 Å². The summed E-state index contributed by atoms with van der Waals surface area (Å²) in [6.07, 6.45) is 4.08. The maximum atomic E-state index is 5.22. The largest absolute Gasteiger partial charge is 0.497 e. The zero-order valence-corrected chi connectivity index (χ0v) is 11.5. The maximum absolute atomic E-state index is 5.22. The van der Waals surface area contributed by atoms with Crippen LogP contribution in [-0.2, 0) is 0 Å². The van der Waals surface area contributed by atoms with Gasteiger partial charge in [0.2, 0.25) is 0 Å². The van der Waals surface area contributed by atoms with Crippen molar-refractivity contribution in [3.8, 4) is 5.75 Å². The minimum atomic E-state index is 0.801. The van der Waals surface area contributed by atoms with Crippen molar-refractivity contribution in [2.75, 3.05) is 30.4 Å². The zero-order valence-electron chi connectivity index (χ0n) is 11.5. The Bertz CT molecular complexity index is 582. The average molecular weight is 270 g/mol. The van der Waals surface area contributed by atoms with Crippen LogP contribution >= 0.6 is 0 Å². The summed E-state index contributed by atoms with van der Waals surface area (Å²) >= 11 is 0. The number of rotatable bonds is 4. The SMILES string of the molecule is COc1cccc(Nc2cc(N3CCCC3)ncn2)c1. The molecule has 1 fully saturated rings. The maximum Gasteiger partial charge on any atom is 0.135 e. The van der Waals surface area contributed by atoms with Crippen molar-refractivity contribution in [3.05, 3.63) is 36.7 Å². The number of hydrogen-bond acceptors (Lipinski definition) is 5. The van der Waals surface area contributed by atoms with Gasteiger partial charge in [-0.15, -0.1) is 0 Å². The molecular formula is C15H18N4O. The standard InChI is InChI=1S/C15H18N4O/c1-20-13-6-4-5-12(9-13)18-14-10-15(17-11-16-14)19-7-2-3-8-19/h4-6,9-11H,2-3,7-8H2,1H3,(H,16,17,18). The summed E-state index contributed by atoms with van der Waals surface area (Å²) < 4.78 is 5.22. The lowest BCUT2D eigenvalue weighted by Gasteiger charge is -2.16. The molecule has 2 heterocycles. The second kappa shape index (κ2) is 5.77. The first-order valence-electron chi connectivity index (χ1n) is 6.83. The van der Waals surface area contributed by atoms with Gasteiger partial charge in [0, 0.05) is 30.9 Å². The van der Waals surface area contributed by atoms with Crippen LogP contribution in [0.4, 0.5) is 17.3 Å². The third kappa shape index (κ3) is 2.82. The van der Waals surface area contributed by atoms with Gasteiger partial charge in [-0.1, -0.05) is 6.07 Å². The van der Waals surface area contributed by atoms with E-state index in [2.05, 4.69) is 20.2 Å². The number of hydrogen-bond donors (Lipinski definition) is 1. The Balaban J connectivity index is 1.78. The molecular weight excluding hydrogens is 252 g/mol. The predicted molar refractivity (Wildman–Crippen MR) is 79.8 cm³/mol. The molecule has 1 aromatic heterocycles. The third-order valence-electron chi connectivity index (χ3n) is 3.42. The lowest BCUT2D eigenvalue weighted by molar-refractivity contribution is 0.415. The number of nitrogens with zero attached hydrogens (tertiary/aromatic N) is 3. The topological polar surface area (TPSA) is 50.3 Å². The second-order valence-electron chi connectivity index (χ2n) is 4.81. The normalized spacial score (nSPS) is 14.3. The van der Waals surface area contributed by atoms with Crippen molar-refractivity contribution >= 4 is 17.3 Å². The number of methoxy groups -OCH3 is 1. The average Bonchev–Trinajstić information content (AvgIpc) is 3.02. The highest BCUT2D eigenvalue weighted by Crippen LogP contribution is 2.23. The molecule has 1 saturated heterocycles. The minimum absolute atomic E-state index is 0.801. The lowest BCUT2D eigenvalue weighted by atomic mass is 10.3. The van der Waals surface area contributed by atoms with E-state index in [1.54, 1.807) is 13.4 Å². The van der Waals surface area contributed by atoms with Crippen LogP contribution in [0.2, 0.25) is 0 Å². The summed E-state index contributed by atoms with van der Waals surface area (Å²) in [5, 5.41) is 3.28. The first kappa shape index (κ1) is 12.7. The van der Waals surface area contributed by atoms with Crippen LogP contribution < -0.4 is 15.0 Å². The first-order valence-corrected chi connectivity index (χ1v) is 6.83. The summed E-state index contributed by atoms with van der Waals surface area (Å²) in [6, 6.07) is 9.78.